The summed E-state index contributed by atoms with van der Waals surface area (Å²) in [5.41, 5.74) is 6.59. The molecule has 5 aromatic carbocycles. The minimum Gasteiger partial charge on any atom is -0.310 e. The predicted octanol–water partition coefficient (Wildman–Crippen LogP) is 10.4. The molecule has 230 valence electrons. The van der Waals surface area contributed by atoms with Gasteiger partial charge >= 0.3 is 0 Å². The second kappa shape index (κ2) is 11.2. The molecule has 3 aromatic heterocycles. The fourth-order valence-corrected chi connectivity index (χ4v) is 6.73. The first kappa shape index (κ1) is 29.6. The van der Waals surface area contributed by atoms with E-state index in [-0.39, 0.29) is 5.69 Å². The molecule has 0 aliphatic heterocycles. The van der Waals surface area contributed by atoms with Crippen molar-refractivity contribution in [1.82, 2.24) is 24.1 Å². The van der Waals surface area contributed by atoms with Crippen molar-refractivity contribution >= 4 is 66.4 Å². The minimum absolute atomic E-state index is 0.283. The first-order valence-electron chi connectivity index (χ1n) is 15.3. The molecule has 0 saturated heterocycles. The summed E-state index contributed by atoms with van der Waals surface area (Å²) in [6.07, 6.45) is 0. The third kappa shape index (κ3) is 4.41. The zero-order chi connectivity index (χ0) is 34.7. The van der Waals surface area contributed by atoms with Crippen LogP contribution in [0.2, 0.25) is 0 Å². The van der Waals surface area contributed by atoms with Gasteiger partial charge in [0.1, 0.15) is 11.6 Å². The fourth-order valence-electron chi connectivity index (χ4n) is 6.73. The Bertz CT molecular complexity index is 2850. The van der Waals surface area contributed by atoms with Crippen LogP contribution >= 0.6 is 0 Å². The number of benzene rings is 5. The van der Waals surface area contributed by atoms with Crippen LogP contribution in [0.25, 0.3) is 85.8 Å². The van der Waals surface area contributed by atoms with Crippen molar-refractivity contribution in [3.05, 3.63) is 148 Å². The van der Waals surface area contributed by atoms with Crippen LogP contribution in [-0.4, -0.2) is 24.1 Å². The highest BCUT2D eigenvalue weighted by Crippen LogP contribution is 2.44. The van der Waals surface area contributed by atoms with Crippen molar-refractivity contribution in [3.8, 4) is 28.8 Å². The Balaban J connectivity index is 1.63. The molecule has 0 amide bonds. The molecule has 0 fully saturated rings. The Morgan fingerprint density at radius 3 is 1.42 bits per heavy atom. The SMILES string of the molecule is [C-]#[N+]c1ccc2c3ccc(C#N)cc3n(-c3cc([N+]#[C-])c(-c4nc(C)nc(C)n4)cc3-n3c4cc([N+]#[C-])ccc4c4ccc([N+]#[C-])cc43)c2c1. The average Bonchev–Trinajstić information content (AvgIpc) is 3.64. The molecule has 0 aliphatic rings. The predicted molar refractivity (Wildman–Crippen MR) is 193 cm³/mol. The lowest BCUT2D eigenvalue weighted by molar-refractivity contribution is 0.928. The Morgan fingerprint density at radius 2 is 0.980 bits per heavy atom. The molecule has 0 atom stereocenters. The van der Waals surface area contributed by atoms with Gasteiger partial charge in [0.2, 0.25) is 0 Å². The summed E-state index contributed by atoms with van der Waals surface area (Å²) >= 11 is 0. The van der Waals surface area contributed by atoms with Crippen molar-refractivity contribution < 1.29 is 0 Å². The van der Waals surface area contributed by atoms with Gasteiger partial charge in [-0.2, -0.15) is 5.26 Å². The monoisotopic (exact) mass is 640 g/mol. The van der Waals surface area contributed by atoms with Gasteiger partial charge in [0.25, 0.3) is 0 Å². The standard InChI is InChI=1S/C40H20N10/c1-22-46-23(2)48-40(47-22)32-19-38(50-36-17-26(43-4)9-13-30(36)31-14-10-27(44-5)18-37(31)50)39(20-33(32)45-6)49-34-15-24(21-41)7-11-28(34)29-12-8-25(42-3)16-35(29)49/h7-20H,1-2H3. The van der Waals surface area contributed by atoms with Gasteiger partial charge in [-0.3, -0.25) is 0 Å². The minimum atomic E-state index is 0.283. The highest BCUT2D eigenvalue weighted by Gasteiger charge is 2.24. The summed E-state index contributed by atoms with van der Waals surface area (Å²) < 4.78 is 3.99. The molecule has 0 saturated carbocycles. The van der Waals surface area contributed by atoms with Crippen molar-refractivity contribution in [3.63, 3.8) is 0 Å². The molecule has 0 bridgehead atoms. The van der Waals surface area contributed by atoms with E-state index in [2.05, 4.69) is 40.4 Å². The highest BCUT2D eigenvalue weighted by atomic mass is 15.1. The number of hydrogen-bond donors (Lipinski definition) is 0. The molecule has 10 nitrogen and oxygen atoms in total. The van der Waals surface area contributed by atoms with Crippen LogP contribution in [0, 0.1) is 51.5 Å². The van der Waals surface area contributed by atoms with Crippen LogP contribution in [0.4, 0.5) is 22.7 Å². The van der Waals surface area contributed by atoms with Crippen LogP contribution in [-0.2, 0) is 0 Å². The van der Waals surface area contributed by atoms with E-state index in [1.807, 2.05) is 57.7 Å². The number of aromatic nitrogens is 5. The van der Waals surface area contributed by atoms with E-state index in [1.165, 1.54) is 0 Å². The second-order valence-electron chi connectivity index (χ2n) is 11.7. The fraction of sp³-hybridized carbons (Fsp3) is 0.0500. The Morgan fingerprint density at radius 1 is 0.540 bits per heavy atom. The molecule has 8 aromatic rings. The van der Waals surface area contributed by atoms with E-state index in [0.717, 1.165) is 32.6 Å². The van der Waals surface area contributed by atoms with Gasteiger partial charge in [-0.1, -0.05) is 42.5 Å². The number of nitriles is 1. The summed E-state index contributed by atoms with van der Waals surface area (Å²) in [5, 5.41) is 13.4. The largest absolute Gasteiger partial charge is 0.310 e. The smallest absolute Gasteiger partial charge is 0.200 e. The molecule has 0 aliphatic carbocycles. The molecule has 10 heteroatoms. The van der Waals surface area contributed by atoms with E-state index >= 15 is 0 Å². The maximum atomic E-state index is 9.93. The van der Waals surface area contributed by atoms with Gasteiger partial charge < -0.3 is 9.13 Å². The number of fused-ring (bicyclic) bond motifs is 6. The van der Waals surface area contributed by atoms with Crippen LogP contribution in [0.3, 0.4) is 0 Å². The Hall–Kier alpha value is -7.84. The molecule has 0 spiro atoms. The summed E-state index contributed by atoms with van der Waals surface area (Å²) in [4.78, 5) is 28.7. The van der Waals surface area contributed by atoms with E-state index in [9.17, 15) is 5.26 Å². The highest BCUT2D eigenvalue weighted by molar-refractivity contribution is 6.13. The first-order valence-corrected chi connectivity index (χ1v) is 15.3. The maximum absolute atomic E-state index is 9.93. The van der Waals surface area contributed by atoms with Crippen molar-refractivity contribution in [2.75, 3.05) is 0 Å². The zero-order valence-corrected chi connectivity index (χ0v) is 26.6. The van der Waals surface area contributed by atoms with Crippen LogP contribution in [0.5, 0.6) is 0 Å². The molecule has 0 radical (unpaired) electrons. The second-order valence-corrected chi connectivity index (χ2v) is 11.7. The van der Waals surface area contributed by atoms with Gasteiger partial charge in [0.05, 0.1) is 54.8 Å². The third-order valence-electron chi connectivity index (χ3n) is 8.80. The molecular weight excluding hydrogens is 621 g/mol. The number of aryl methyl sites for hydroxylation is 2. The number of nitrogens with zero attached hydrogens (tertiary/aromatic N) is 10. The van der Waals surface area contributed by atoms with Crippen LogP contribution in [0.1, 0.15) is 17.2 Å². The molecule has 3 heterocycles. The number of hydrogen-bond acceptors (Lipinski definition) is 4. The summed E-state index contributed by atoms with van der Waals surface area (Å²) in [6, 6.07) is 27.8. The Kier molecular flexibility index (Phi) is 6.59. The molecular formula is C40H20N10. The third-order valence-corrected chi connectivity index (χ3v) is 8.80. The summed E-state index contributed by atoms with van der Waals surface area (Å²) in [6.45, 7) is 35.3. The van der Waals surface area contributed by atoms with E-state index in [0.29, 0.717) is 68.1 Å². The van der Waals surface area contributed by atoms with E-state index in [4.69, 9.17) is 26.3 Å². The lowest BCUT2D eigenvalue weighted by Crippen LogP contribution is -2.05. The van der Waals surface area contributed by atoms with Crippen molar-refractivity contribution in [1.29, 1.82) is 5.26 Å². The lowest BCUT2D eigenvalue weighted by Gasteiger charge is -2.19. The van der Waals surface area contributed by atoms with Crippen molar-refractivity contribution in [2.45, 2.75) is 13.8 Å². The lowest BCUT2D eigenvalue weighted by atomic mass is 10.1. The molecule has 0 unspecified atom stereocenters. The molecule has 50 heavy (non-hydrogen) atoms. The van der Waals surface area contributed by atoms with Crippen LogP contribution in [0.15, 0.2) is 84.9 Å². The van der Waals surface area contributed by atoms with Crippen molar-refractivity contribution in [2.24, 2.45) is 0 Å². The van der Waals surface area contributed by atoms with Crippen LogP contribution < -0.4 is 0 Å². The van der Waals surface area contributed by atoms with Gasteiger partial charge in [0, 0.05) is 43.7 Å². The molecule has 8 rings (SSSR count). The quantitative estimate of drug-likeness (QED) is 0.180. The Labute approximate surface area is 285 Å². The topological polar surface area (TPSA) is 89.8 Å². The summed E-state index contributed by atoms with van der Waals surface area (Å²) in [5.74, 6) is 1.35. The van der Waals surface area contributed by atoms with E-state index in [1.54, 1.807) is 50.2 Å². The maximum Gasteiger partial charge on any atom is 0.200 e. The molecule has 0 N–H and O–H groups in total. The van der Waals surface area contributed by atoms with Gasteiger partial charge in [-0.05, 0) is 56.3 Å². The zero-order valence-electron chi connectivity index (χ0n) is 26.6. The van der Waals surface area contributed by atoms with E-state index < -0.39 is 0 Å². The normalized spacial score (nSPS) is 10.9. The summed E-state index contributed by atoms with van der Waals surface area (Å²) in [7, 11) is 0. The number of rotatable bonds is 3. The van der Waals surface area contributed by atoms with Gasteiger partial charge in [-0.25, -0.2) is 34.3 Å². The average molecular weight is 641 g/mol. The van der Waals surface area contributed by atoms with Gasteiger partial charge in [-0.15, -0.1) is 0 Å². The van der Waals surface area contributed by atoms with Gasteiger partial charge in [0.15, 0.2) is 28.6 Å². The first-order chi connectivity index (χ1) is 24.3.